The quantitative estimate of drug-likeness (QED) is 0.612. The Balaban J connectivity index is 3.06. The minimum atomic E-state index is -2.65. The van der Waals surface area contributed by atoms with E-state index in [9.17, 15) is 13.6 Å². The van der Waals surface area contributed by atoms with Crippen LogP contribution in [0.4, 0.5) is 8.78 Å². The van der Waals surface area contributed by atoms with E-state index < -0.39 is 6.43 Å². The first-order valence-electron chi connectivity index (χ1n) is 4.65. The summed E-state index contributed by atoms with van der Waals surface area (Å²) in [6, 6.07) is 4.08. The fourth-order valence-corrected chi connectivity index (χ4v) is 1.67. The van der Waals surface area contributed by atoms with Crippen molar-refractivity contribution in [1.29, 1.82) is 0 Å². The van der Waals surface area contributed by atoms with E-state index >= 15 is 0 Å². The molecule has 5 heteroatoms. The van der Waals surface area contributed by atoms with Gasteiger partial charge < -0.3 is 4.74 Å². The van der Waals surface area contributed by atoms with Gasteiger partial charge in [-0.1, -0.05) is 15.9 Å². The number of halogens is 3. The molecule has 1 rings (SSSR count). The number of alkyl halides is 3. The van der Waals surface area contributed by atoms with E-state index in [2.05, 4.69) is 15.9 Å². The molecule has 0 saturated heterocycles. The van der Waals surface area contributed by atoms with Crippen LogP contribution in [-0.2, 0) is 0 Å². The van der Waals surface area contributed by atoms with Crippen LogP contribution in [0.1, 0.15) is 28.8 Å². The Kier molecular flexibility index (Phi) is 4.86. The molecule has 0 spiro atoms. The van der Waals surface area contributed by atoms with E-state index in [0.29, 0.717) is 5.33 Å². The number of ketones is 1. The number of methoxy groups -OCH3 is 1. The average molecular weight is 293 g/mol. The summed E-state index contributed by atoms with van der Waals surface area (Å²) < 4.78 is 30.1. The first-order valence-corrected chi connectivity index (χ1v) is 5.77. The van der Waals surface area contributed by atoms with Crippen molar-refractivity contribution in [1.82, 2.24) is 0 Å². The second kappa shape index (κ2) is 5.94. The van der Waals surface area contributed by atoms with Gasteiger partial charge in [0.1, 0.15) is 5.75 Å². The van der Waals surface area contributed by atoms with Gasteiger partial charge in [-0.05, 0) is 18.2 Å². The van der Waals surface area contributed by atoms with Crippen LogP contribution in [0.15, 0.2) is 18.2 Å². The van der Waals surface area contributed by atoms with Crippen molar-refractivity contribution in [3.63, 3.8) is 0 Å². The molecule has 0 fully saturated rings. The van der Waals surface area contributed by atoms with Crippen LogP contribution in [0.5, 0.6) is 5.75 Å². The molecule has 1 aromatic rings. The molecule has 0 heterocycles. The second-order valence-corrected chi connectivity index (χ2v) is 3.91. The van der Waals surface area contributed by atoms with Gasteiger partial charge in [0, 0.05) is 17.3 Å². The standard InChI is InChI=1S/C11H11BrF2O2/c1-16-10-3-2-7(9(15)4-5-12)6-8(10)11(13)14/h2-3,6,11H,4-5H2,1H3. The van der Waals surface area contributed by atoms with Crippen molar-refractivity contribution in [2.24, 2.45) is 0 Å². The van der Waals surface area contributed by atoms with Crippen molar-refractivity contribution in [2.75, 3.05) is 12.4 Å². The molecule has 0 bridgehead atoms. The lowest BCUT2D eigenvalue weighted by molar-refractivity contribution is 0.0989. The Labute approximate surface area is 101 Å². The Bertz CT molecular complexity index is 380. The topological polar surface area (TPSA) is 26.3 Å². The number of hydrogen-bond acceptors (Lipinski definition) is 2. The predicted molar refractivity (Wildman–Crippen MR) is 60.7 cm³/mol. The summed E-state index contributed by atoms with van der Waals surface area (Å²) in [4.78, 5) is 11.5. The van der Waals surface area contributed by atoms with Gasteiger partial charge in [0.05, 0.1) is 12.7 Å². The number of Topliss-reactive ketones (excluding diaryl/α,β-unsaturated/α-hetero) is 1. The van der Waals surface area contributed by atoms with Crippen molar-refractivity contribution >= 4 is 21.7 Å². The van der Waals surface area contributed by atoms with E-state index in [0.717, 1.165) is 0 Å². The van der Waals surface area contributed by atoms with Crippen molar-refractivity contribution < 1.29 is 18.3 Å². The maximum absolute atomic E-state index is 12.6. The fourth-order valence-electron chi connectivity index (χ4n) is 1.31. The van der Waals surface area contributed by atoms with Crippen LogP contribution in [0.2, 0.25) is 0 Å². The monoisotopic (exact) mass is 292 g/mol. The summed E-state index contributed by atoms with van der Waals surface area (Å²) in [5.74, 6) is -0.0631. The summed E-state index contributed by atoms with van der Waals surface area (Å²) >= 11 is 3.13. The van der Waals surface area contributed by atoms with Crippen molar-refractivity contribution in [3.05, 3.63) is 29.3 Å². The number of rotatable bonds is 5. The Morgan fingerprint density at radius 2 is 2.19 bits per heavy atom. The molecule has 1 aromatic carbocycles. The van der Waals surface area contributed by atoms with Crippen molar-refractivity contribution in [3.8, 4) is 5.75 Å². The summed E-state index contributed by atoms with van der Waals surface area (Å²) in [6.07, 6.45) is -2.36. The summed E-state index contributed by atoms with van der Waals surface area (Å²) in [6.45, 7) is 0. The average Bonchev–Trinajstić information content (AvgIpc) is 2.28. The highest BCUT2D eigenvalue weighted by molar-refractivity contribution is 9.09. The highest BCUT2D eigenvalue weighted by Gasteiger charge is 2.16. The Hall–Kier alpha value is -0.970. The lowest BCUT2D eigenvalue weighted by Gasteiger charge is -2.09. The molecule has 0 N–H and O–H groups in total. The molecule has 0 radical (unpaired) electrons. The predicted octanol–water partition coefficient (Wildman–Crippen LogP) is 3.60. The SMILES string of the molecule is COc1ccc(C(=O)CCBr)cc1C(F)F. The van der Waals surface area contributed by atoms with E-state index in [1.807, 2.05) is 0 Å². The number of carbonyl (C=O) groups excluding carboxylic acids is 1. The Morgan fingerprint density at radius 1 is 1.50 bits per heavy atom. The molecule has 0 atom stereocenters. The van der Waals surface area contributed by atoms with Gasteiger partial charge in [-0.3, -0.25) is 4.79 Å². The minimum Gasteiger partial charge on any atom is -0.496 e. The van der Waals surface area contributed by atoms with Crippen LogP contribution >= 0.6 is 15.9 Å². The van der Waals surface area contributed by atoms with Gasteiger partial charge in [0.25, 0.3) is 6.43 Å². The lowest BCUT2D eigenvalue weighted by Crippen LogP contribution is -2.02. The van der Waals surface area contributed by atoms with Crippen LogP contribution < -0.4 is 4.74 Å². The molecular formula is C11H11BrF2O2. The molecular weight excluding hydrogens is 282 g/mol. The number of carbonyl (C=O) groups is 1. The van der Waals surface area contributed by atoms with E-state index in [-0.39, 0.29) is 29.1 Å². The molecule has 0 aliphatic rings. The van der Waals surface area contributed by atoms with Crippen molar-refractivity contribution in [2.45, 2.75) is 12.8 Å². The highest BCUT2D eigenvalue weighted by atomic mass is 79.9. The summed E-state index contributed by atoms with van der Waals surface area (Å²) in [5.41, 5.74) is 0.0403. The van der Waals surface area contributed by atoms with Crippen LogP contribution in [0.3, 0.4) is 0 Å². The molecule has 0 aliphatic carbocycles. The van der Waals surface area contributed by atoms with Gasteiger partial charge in [0.15, 0.2) is 5.78 Å². The lowest BCUT2D eigenvalue weighted by atomic mass is 10.1. The molecule has 0 amide bonds. The fraction of sp³-hybridized carbons (Fsp3) is 0.364. The highest BCUT2D eigenvalue weighted by Crippen LogP contribution is 2.30. The van der Waals surface area contributed by atoms with E-state index in [1.165, 1.54) is 25.3 Å². The summed E-state index contributed by atoms with van der Waals surface area (Å²) in [7, 11) is 1.32. The largest absolute Gasteiger partial charge is 0.496 e. The third kappa shape index (κ3) is 3.01. The van der Waals surface area contributed by atoms with Crippen LogP contribution in [0.25, 0.3) is 0 Å². The summed E-state index contributed by atoms with van der Waals surface area (Å²) in [5, 5.41) is 0.516. The van der Waals surface area contributed by atoms with Crippen LogP contribution in [0, 0.1) is 0 Å². The van der Waals surface area contributed by atoms with Gasteiger partial charge in [0.2, 0.25) is 0 Å². The van der Waals surface area contributed by atoms with E-state index in [4.69, 9.17) is 4.74 Å². The molecule has 0 saturated carbocycles. The zero-order valence-electron chi connectivity index (χ0n) is 8.67. The van der Waals surface area contributed by atoms with E-state index in [1.54, 1.807) is 0 Å². The van der Waals surface area contributed by atoms with Gasteiger partial charge in [-0.2, -0.15) is 0 Å². The van der Waals surface area contributed by atoms with Gasteiger partial charge in [-0.25, -0.2) is 8.78 Å². The minimum absolute atomic E-state index is 0.102. The normalized spacial score (nSPS) is 10.6. The second-order valence-electron chi connectivity index (χ2n) is 3.12. The van der Waals surface area contributed by atoms with Crippen LogP contribution in [-0.4, -0.2) is 18.2 Å². The molecule has 16 heavy (non-hydrogen) atoms. The zero-order valence-corrected chi connectivity index (χ0v) is 10.3. The Morgan fingerprint density at radius 3 is 2.69 bits per heavy atom. The maximum atomic E-state index is 12.6. The molecule has 0 aliphatic heterocycles. The first kappa shape index (κ1) is 13.1. The molecule has 2 nitrogen and oxygen atoms in total. The van der Waals surface area contributed by atoms with Gasteiger partial charge >= 0.3 is 0 Å². The molecule has 88 valence electrons. The molecule has 0 unspecified atom stereocenters. The first-order chi connectivity index (χ1) is 7.60. The number of hydrogen-bond donors (Lipinski definition) is 0. The smallest absolute Gasteiger partial charge is 0.267 e. The third-order valence-electron chi connectivity index (χ3n) is 2.11. The maximum Gasteiger partial charge on any atom is 0.267 e. The number of ether oxygens (including phenoxy) is 1. The zero-order chi connectivity index (χ0) is 12.1. The van der Waals surface area contributed by atoms with Gasteiger partial charge in [-0.15, -0.1) is 0 Å². The number of benzene rings is 1. The third-order valence-corrected chi connectivity index (χ3v) is 2.50. The molecule has 0 aromatic heterocycles.